The summed E-state index contributed by atoms with van der Waals surface area (Å²) in [5.74, 6) is 2.68. The zero-order chi connectivity index (χ0) is 16.7. The Morgan fingerprint density at radius 1 is 1.00 bits per heavy atom. The zero-order valence-electron chi connectivity index (χ0n) is 15.5. The first-order valence-corrected chi connectivity index (χ1v) is 8.97. The molecule has 2 atom stereocenters. The predicted octanol–water partition coefficient (Wildman–Crippen LogP) is 6.57. The van der Waals surface area contributed by atoms with Crippen molar-refractivity contribution in [2.24, 2.45) is 11.3 Å². The largest absolute Gasteiger partial charge is 0.507 e. The van der Waals surface area contributed by atoms with Crippen molar-refractivity contribution >= 4 is 0 Å². The third-order valence-electron chi connectivity index (χ3n) is 5.29. The van der Waals surface area contributed by atoms with Crippen LogP contribution in [-0.4, -0.2) is 5.11 Å². The van der Waals surface area contributed by atoms with E-state index in [9.17, 15) is 5.11 Å². The number of rotatable bonds is 3. The van der Waals surface area contributed by atoms with Crippen molar-refractivity contribution in [3.05, 3.63) is 28.8 Å². The molecule has 1 heteroatoms. The fraction of sp³-hybridized carbons (Fsp3) is 0.714. The molecule has 0 bridgehead atoms. The predicted molar refractivity (Wildman–Crippen MR) is 95.8 cm³/mol. The van der Waals surface area contributed by atoms with Crippen molar-refractivity contribution in [1.29, 1.82) is 0 Å². The Morgan fingerprint density at radius 2 is 1.50 bits per heavy atom. The molecule has 0 radical (unpaired) electrons. The highest BCUT2D eigenvalue weighted by Gasteiger charge is 2.33. The fourth-order valence-corrected chi connectivity index (χ4v) is 4.42. The Hall–Kier alpha value is -0.980. The van der Waals surface area contributed by atoms with Crippen LogP contribution in [0.25, 0.3) is 0 Å². The van der Waals surface area contributed by atoms with Crippen molar-refractivity contribution in [1.82, 2.24) is 0 Å². The fourth-order valence-electron chi connectivity index (χ4n) is 4.42. The maximum absolute atomic E-state index is 10.6. The average Bonchev–Trinajstić information content (AvgIpc) is 2.35. The van der Waals surface area contributed by atoms with Crippen LogP contribution in [0.15, 0.2) is 12.1 Å². The summed E-state index contributed by atoms with van der Waals surface area (Å²) < 4.78 is 0. The number of phenolic OH excluding ortho intramolecular Hbond substituents is 1. The second kappa shape index (κ2) is 6.26. The molecule has 0 aromatic heterocycles. The van der Waals surface area contributed by atoms with Crippen molar-refractivity contribution in [2.75, 3.05) is 0 Å². The monoisotopic (exact) mass is 302 g/mol. The minimum absolute atomic E-state index is 0.367. The standard InChI is InChI=1S/C21H34O/c1-13(2)18-9-16(10-19(14(3)4)20(18)22)17-8-15(5)11-21(6,7)12-17/h9-10,13-15,17,22H,8,11-12H2,1-7H3/t15?,17-/m0/s1. The van der Waals surface area contributed by atoms with Crippen molar-refractivity contribution < 1.29 is 5.11 Å². The smallest absolute Gasteiger partial charge is 0.122 e. The summed E-state index contributed by atoms with van der Waals surface area (Å²) in [5.41, 5.74) is 4.12. The molecule has 0 saturated heterocycles. The Balaban J connectivity index is 2.46. The number of benzene rings is 1. The highest BCUT2D eigenvalue weighted by atomic mass is 16.3. The molecule has 1 aromatic carbocycles. The van der Waals surface area contributed by atoms with E-state index < -0.39 is 0 Å². The van der Waals surface area contributed by atoms with E-state index in [-0.39, 0.29) is 0 Å². The van der Waals surface area contributed by atoms with Crippen LogP contribution in [-0.2, 0) is 0 Å². The lowest BCUT2D eigenvalue weighted by Gasteiger charge is -2.39. The van der Waals surface area contributed by atoms with Crippen LogP contribution in [0.1, 0.15) is 102 Å². The van der Waals surface area contributed by atoms with Gasteiger partial charge in [-0.1, -0.05) is 60.6 Å². The number of hydrogen-bond acceptors (Lipinski definition) is 1. The van der Waals surface area contributed by atoms with Gasteiger partial charge in [-0.05, 0) is 65.0 Å². The third kappa shape index (κ3) is 3.67. The van der Waals surface area contributed by atoms with Crippen LogP contribution >= 0.6 is 0 Å². The minimum Gasteiger partial charge on any atom is -0.507 e. The van der Waals surface area contributed by atoms with Gasteiger partial charge in [0.05, 0.1) is 0 Å². The lowest BCUT2D eigenvalue weighted by Crippen LogP contribution is -2.26. The molecular formula is C21H34O. The normalized spacial score (nSPS) is 25.0. The van der Waals surface area contributed by atoms with E-state index in [2.05, 4.69) is 60.6 Å². The minimum atomic E-state index is 0.367. The molecule has 0 amide bonds. The van der Waals surface area contributed by atoms with Gasteiger partial charge in [0.25, 0.3) is 0 Å². The Labute approximate surface area is 137 Å². The highest BCUT2D eigenvalue weighted by molar-refractivity contribution is 5.47. The van der Waals surface area contributed by atoms with E-state index in [1.165, 1.54) is 24.8 Å². The first-order chi connectivity index (χ1) is 10.1. The van der Waals surface area contributed by atoms with E-state index >= 15 is 0 Å². The van der Waals surface area contributed by atoms with E-state index in [1.54, 1.807) is 0 Å². The summed E-state index contributed by atoms with van der Waals surface area (Å²) in [6.45, 7) is 15.9. The van der Waals surface area contributed by atoms with Crippen LogP contribution < -0.4 is 0 Å². The molecule has 1 fully saturated rings. The second-order valence-electron chi connectivity index (χ2n) is 8.97. The molecule has 1 N–H and O–H groups in total. The summed E-state index contributed by atoms with van der Waals surface area (Å²) in [4.78, 5) is 0. The molecule has 0 spiro atoms. The summed E-state index contributed by atoms with van der Waals surface area (Å²) in [6.07, 6.45) is 3.87. The molecule has 1 aliphatic rings. The molecule has 1 nitrogen and oxygen atoms in total. The van der Waals surface area contributed by atoms with E-state index in [0.717, 1.165) is 17.0 Å². The van der Waals surface area contributed by atoms with Gasteiger partial charge in [-0.25, -0.2) is 0 Å². The van der Waals surface area contributed by atoms with Gasteiger partial charge in [-0.3, -0.25) is 0 Å². The molecule has 1 aliphatic carbocycles. The van der Waals surface area contributed by atoms with Gasteiger partial charge in [-0.15, -0.1) is 0 Å². The number of phenols is 1. The van der Waals surface area contributed by atoms with Gasteiger partial charge in [0.2, 0.25) is 0 Å². The van der Waals surface area contributed by atoms with Gasteiger partial charge in [0, 0.05) is 0 Å². The van der Waals surface area contributed by atoms with Gasteiger partial charge < -0.3 is 5.11 Å². The molecular weight excluding hydrogens is 268 g/mol. The van der Waals surface area contributed by atoms with Gasteiger partial charge in [-0.2, -0.15) is 0 Å². The highest BCUT2D eigenvalue weighted by Crippen LogP contribution is 2.47. The van der Waals surface area contributed by atoms with Crippen molar-refractivity contribution in [2.45, 2.75) is 85.5 Å². The van der Waals surface area contributed by atoms with E-state index in [1.807, 2.05) is 0 Å². The van der Waals surface area contributed by atoms with Crippen LogP contribution in [0.4, 0.5) is 0 Å². The number of aromatic hydroxyl groups is 1. The third-order valence-corrected chi connectivity index (χ3v) is 5.29. The topological polar surface area (TPSA) is 20.2 Å². The Bertz CT molecular complexity index is 496. The van der Waals surface area contributed by atoms with Gasteiger partial charge >= 0.3 is 0 Å². The SMILES string of the molecule is CC1C[C@H](c2cc(C(C)C)c(O)c(C(C)C)c2)CC(C)(C)C1. The molecule has 124 valence electrons. The maximum Gasteiger partial charge on any atom is 0.122 e. The van der Waals surface area contributed by atoms with Crippen molar-refractivity contribution in [3.63, 3.8) is 0 Å². The summed E-state index contributed by atoms with van der Waals surface area (Å²) in [7, 11) is 0. The molecule has 22 heavy (non-hydrogen) atoms. The molecule has 1 aromatic rings. The molecule has 1 unspecified atom stereocenters. The Kier molecular flexibility index (Phi) is 4.94. The molecule has 0 heterocycles. The average molecular weight is 303 g/mol. The van der Waals surface area contributed by atoms with Crippen molar-refractivity contribution in [3.8, 4) is 5.75 Å². The number of hydrogen-bond donors (Lipinski definition) is 1. The van der Waals surface area contributed by atoms with Crippen LogP contribution in [0.2, 0.25) is 0 Å². The summed E-state index contributed by atoms with van der Waals surface area (Å²) in [6, 6.07) is 4.56. The molecule has 0 aliphatic heterocycles. The van der Waals surface area contributed by atoms with Crippen LogP contribution in [0.5, 0.6) is 5.75 Å². The first-order valence-electron chi connectivity index (χ1n) is 8.97. The first kappa shape index (κ1) is 17.4. The maximum atomic E-state index is 10.6. The lowest BCUT2D eigenvalue weighted by atomic mass is 9.66. The zero-order valence-corrected chi connectivity index (χ0v) is 15.5. The second-order valence-corrected chi connectivity index (χ2v) is 8.97. The Morgan fingerprint density at radius 3 is 1.91 bits per heavy atom. The lowest BCUT2D eigenvalue weighted by molar-refractivity contribution is 0.168. The summed E-state index contributed by atoms with van der Waals surface area (Å²) in [5, 5.41) is 10.6. The molecule has 1 saturated carbocycles. The van der Waals surface area contributed by atoms with Gasteiger partial charge in [0.15, 0.2) is 0 Å². The van der Waals surface area contributed by atoms with Crippen LogP contribution in [0, 0.1) is 11.3 Å². The van der Waals surface area contributed by atoms with Crippen LogP contribution in [0.3, 0.4) is 0 Å². The quantitative estimate of drug-likeness (QED) is 0.669. The molecule has 2 rings (SSSR count). The van der Waals surface area contributed by atoms with E-state index in [4.69, 9.17) is 0 Å². The van der Waals surface area contributed by atoms with E-state index in [0.29, 0.717) is 28.9 Å². The van der Waals surface area contributed by atoms with Gasteiger partial charge in [0.1, 0.15) is 5.75 Å². The summed E-state index contributed by atoms with van der Waals surface area (Å²) >= 11 is 0.